The van der Waals surface area contributed by atoms with E-state index in [0.717, 1.165) is 89.5 Å². The zero-order valence-corrected chi connectivity index (χ0v) is 115. The molecule has 0 aliphatic rings. The van der Waals surface area contributed by atoms with Gasteiger partial charge in [0, 0.05) is 34.5 Å². The molecular weight excluding hydrogens is 1840 g/mol. The van der Waals surface area contributed by atoms with Crippen LogP contribution in [0.1, 0.15) is 564 Å². The van der Waals surface area contributed by atoms with Crippen LogP contribution in [0.3, 0.4) is 0 Å². The van der Waals surface area contributed by atoms with Crippen LogP contribution in [0.4, 0.5) is 0 Å². The Hall–Kier alpha value is -6.09. The lowest BCUT2D eigenvalue weighted by Crippen LogP contribution is -2.29. The standard InChI is InChI=1S/4C16H30O.2C16H28O.2C15H28O.C15H26O/c6*1-11(12(2)16(7,8)9)14(13(3)17)10-15(4,5)6;3*1-11(15(6,7)8)9-13(12(2)16)10-14(3,4)5/h2*12H,10H2,1-9H3;2*11,14H,2,10H2,1,3-9H3;2*10H,1-9H3;9,11H,10H2,1-8H3;13H,1,9-10H2,2-8H3;9-10H,1-8H3/b2*14-11+;;;2*12-11-,14-10+;13-9+;;11-9-,13-10+. The molecular formula is C141H258O9. The molecule has 150 heavy (non-hydrogen) atoms. The van der Waals surface area contributed by atoms with Crippen LogP contribution in [-0.4, -0.2) is 52.0 Å². The third-order valence-electron chi connectivity index (χ3n) is 28.7. The van der Waals surface area contributed by atoms with E-state index in [4.69, 9.17) is 0 Å². The smallest absolute Gasteiger partial charge is 0.159 e. The molecule has 0 aromatic carbocycles. The number of allylic oxidation sites excluding steroid dienone is 21. The molecule has 0 aromatic heterocycles. The number of rotatable bonds is 27. The van der Waals surface area contributed by atoms with Gasteiger partial charge in [-0.25, -0.2) is 0 Å². The minimum atomic E-state index is 0.0282. The van der Waals surface area contributed by atoms with E-state index in [1.807, 2.05) is 12.2 Å². The van der Waals surface area contributed by atoms with E-state index in [9.17, 15) is 43.2 Å². The highest BCUT2D eigenvalue weighted by Gasteiger charge is 2.37. The number of hydrogen-bond donors (Lipinski definition) is 0. The molecule has 0 aliphatic carbocycles. The minimum absolute atomic E-state index is 0.0282. The number of ketones is 9. The van der Waals surface area contributed by atoms with Crippen molar-refractivity contribution >= 4 is 52.0 Å². The van der Waals surface area contributed by atoms with Gasteiger partial charge in [-0.2, -0.15) is 0 Å². The second kappa shape index (κ2) is 63.5. The van der Waals surface area contributed by atoms with Crippen LogP contribution in [0, 0.1) is 145 Å². The average molecular weight is 2100 g/mol. The third kappa shape index (κ3) is 79.0. The highest BCUT2D eigenvalue weighted by molar-refractivity contribution is 5.99. The Morgan fingerprint density at radius 1 is 0.267 bits per heavy atom. The molecule has 0 N–H and O–H groups in total. The molecule has 0 heterocycles. The summed E-state index contributed by atoms with van der Waals surface area (Å²) in [5, 5.41) is 0. The first kappa shape index (κ1) is 161. The number of carbonyl (C=O) groups is 9. The molecule has 0 saturated carbocycles. The van der Waals surface area contributed by atoms with Gasteiger partial charge < -0.3 is 0 Å². The summed E-state index contributed by atoms with van der Waals surface area (Å²) in [7, 11) is 0. The second-order valence-corrected chi connectivity index (χ2v) is 65.0. The van der Waals surface area contributed by atoms with Gasteiger partial charge in [0.1, 0.15) is 17.3 Å². The van der Waals surface area contributed by atoms with Crippen molar-refractivity contribution < 1.29 is 43.2 Å². The molecule has 0 aromatic rings. The van der Waals surface area contributed by atoms with E-state index in [2.05, 4.69) is 495 Å². The van der Waals surface area contributed by atoms with Crippen LogP contribution in [-0.2, 0) is 43.2 Å². The SMILES string of the molecule is C=C(C(C)C(CC(C)(C)C)C(C)=O)C(C)(C)C.C=C(C(C)C(CC(C)(C)C)C(C)=O)C(C)(C)C.C=C(CC(CC(C)(C)C)C(C)=O)C(C)(C)C.CC(=O)/C(=C/C(C)C(C)(C)C)CC(C)(C)C.CC(=O)/C(CC(C)(C)C)=C(\C)C(C)C(C)(C)C.CC(=O)/C(CC(C)(C)C)=C(\C)C(C)C(C)(C)C.CC(=O)C(/C=C(/C)C(C)(C)C)=C/C(C)(C)C.CC(=O)C(=C/C(C)(C)C)/C(C)=C(/C)C(C)(C)C.CC(=O)C(=C/C(C)(C)C)/C(C)=C(/C)C(C)(C)C. The van der Waals surface area contributed by atoms with Crippen LogP contribution in [0.5, 0.6) is 0 Å². The maximum Gasteiger partial charge on any atom is 0.159 e. The molecule has 9 nitrogen and oxygen atoms in total. The summed E-state index contributed by atoms with van der Waals surface area (Å²) in [5.41, 5.74) is 20.1. The lowest BCUT2D eigenvalue weighted by atomic mass is 9.70. The Morgan fingerprint density at radius 2 is 0.527 bits per heavy atom. The summed E-state index contributed by atoms with van der Waals surface area (Å²) >= 11 is 0. The Kier molecular flexibility index (Phi) is 68.3. The molecule has 0 rings (SSSR count). The first-order valence-electron chi connectivity index (χ1n) is 56.9. The largest absolute Gasteiger partial charge is 0.300 e. The van der Waals surface area contributed by atoms with Crippen LogP contribution in [0.2, 0.25) is 0 Å². The highest BCUT2D eigenvalue weighted by Crippen LogP contribution is 2.45. The van der Waals surface area contributed by atoms with Crippen molar-refractivity contribution in [1.82, 2.24) is 0 Å². The Morgan fingerprint density at radius 3 is 0.687 bits per heavy atom. The third-order valence-corrected chi connectivity index (χ3v) is 28.7. The predicted molar refractivity (Wildman–Crippen MR) is 671 cm³/mol. The average Bonchev–Trinajstić information content (AvgIpc) is 0.842. The lowest BCUT2D eigenvalue weighted by molar-refractivity contribution is -0.123. The normalized spacial score (nSPS) is 16.0. The van der Waals surface area contributed by atoms with Crippen molar-refractivity contribution in [3.63, 3.8) is 0 Å². The van der Waals surface area contributed by atoms with Gasteiger partial charge in [0.25, 0.3) is 0 Å². The van der Waals surface area contributed by atoms with E-state index in [0.29, 0.717) is 23.5 Å². The maximum absolute atomic E-state index is 11.9. The van der Waals surface area contributed by atoms with Crippen molar-refractivity contribution in [1.29, 1.82) is 0 Å². The number of Topliss-reactive ketones (excluding diaryl/α,β-unsaturated/α-hetero) is 9. The van der Waals surface area contributed by atoms with Crippen molar-refractivity contribution in [2.45, 2.75) is 564 Å². The minimum Gasteiger partial charge on any atom is -0.300 e. The van der Waals surface area contributed by atoms with Gasteiger partial charge in [-0.3, -0.25) is 43.2 Å². The fraction of sp³-hybridized carbons (Fsp3) is 0.766. The van der Waals surface area contributed by atoms with Gasteiger partial charge in [0.2, 0.25) is 0 Å². The molecule has 8 unspecified atom stereocenters. The van der Waals surface area contributed by atoms with E-state index in [1.165, 1.54) is 44.6 Å². The van der Waals surface area contributed by atoms with Crippen LogP contribution >= 0.6 is 0 Å². The fourth-order valence-electron chi connectivity index (χ4n) is 16.1. The van der Waals surface area contributed by atoms with Gasteiger partial charge >= 0.3 is 0 Å². The highest BCUT2D eigenvalue weighted by atomic mass is 16.2. The predicted octanol–water partition coefficient (Wildman–Crippen LogP) is 43.4. The Balaban J connectivity index is -0.000000213. The van der Waals surface area contributed by atoms with Gasteiger partial charge in [-0.1, -0.05) is 503 Å². The molecule has 0 aliphatic heterocycles. The van der Waals surface area contributed by atoms with Crippen LogP contribution in [0.15, 0.2) is 139 Å². The van der Waals surface area contributed by atoms with E-state index < -0.39 is 0 Å². The molecule has 876 valence electrons. The molecule has 0 spiro atoms. The number of carbonyl (C=O) groups excluding carboxylic acids is 9. The molecule has 0 saturated heterocycles. The Bertz CT molecular complexity index is 4410. The Labute approximate surface area is 937 Å². The monoisotopic (exact) mass is 2100 g/mol. The van der Waals surface area contributed by atoms with Crippen LogP contribution in [0.25, 0.3) is 0 Å². The summed E-state index contributed by atoms with van der Waals surface area (Å²) in [5.74, 6) is 4.12. The van der Waals surface area contributed by atoms with Gasteiger partial charge in [-0.05, 0) is 311 Å². The topological polar surface area (TPSA) is 154 Å². The second-order valence-electron chi connectivity index (χ2n) is 65.0. The summed E-state index contributed by atoms with van der Waals surface area (Å²) in [6.45, 7) is 171. The van der Waals surface area contributed by atoms with Gasteiger partial charge in [0.05, 0.1) is 0 Å². The quantitative estimate of drug-likeness (QED) is 0.0444. The van der Waals surface area contributed by atoms with Crippen molar-refractivity contribution in [3.8, 4) is 0 Å². The lowest BCUT2D eigenvalue weighted by Gasteiger charge is -2.34. The zero-order chi connectivity index (χ0) is 124. The van der Waals surface area contributed by atoms with Gasteiger partial charge in [-0.15, -0.1) is 0 Å². The molecule has 8 atom stereocenters. The number of hydrogen-bond acceptors (Lipinski definition) is 9. The zero-order valence-electron chi connectivity index (χ0n) is 115. The molecule has 9 heteroatoms. The summed E-state index contributed by atoms with van der Waals surface area (Å²) < 4.78 is 0. The molecule has 0 fully saturated rings. The van der Waals surface area contributed by atoms with Gasteiger partial charge in [0.15, 0.2) is 34.7 Å². The van der Waals surface area contributed by atoms with E-state index >= 15 is 0 Å². The first-order chi connectivity index (χ1) is 65.0. The summed E-state index contributed by atoms with van der Waals surface area (Å²) in [6, 6.07) is 0. The molecule has 0 amide bonds. The first-order valence-corrected chi connectivity index (χ1v) is 56.9. The van der Waals surface area contributed by atoms with Crippen molar-refractivity contribution in [2.24, 2.45) is 145 Å². The van der Waals surface area contributed by atoms with Crippen molar-refractivity contribution in [3.05, 3.63) is 139 Å². The van der Waals surface area contributed by atoms with Crippen LogP contribution < -0.4 is 0 Å². The molecule has 0 radical (unpaired) electrons. The van der Waals surface area contributed by atoms with E-state index in [-0.39, 0.29) is 173 Å². The molecule has 0 bridgehead atoms. The summed E-state index contributed by atoms with van der Waals surface area (Å²) in [6.07, 6.45) is 16.6. The van der Waals surface area contributed by atoms with E-state index in [1.54, 1.807) is 62.3 Å². The maximum atomic E-state index is 11.9. The van der Waals surface area contributed by atoms with Crippen molar-refractivity contribution in [2.75, 3.05) is 0 Å². The summed E-state index contributed by atoms with van der Waals surface area (Å²) in [4.78, 5) is 106. The fourth-order valence-corrected chi connectivity index (χ4v) is 16.1.